The van der Waals surface area contributed by atoms with Gasteiger partial charge in [-0.05, 0) is 56.7 Å². The predicted octanol–water partition coefficient (Wildman–Crippen LogP) is 7.55. The van der Waals surface area contributed by atoms with Gasteiger partial charge in [0.25, 0.3) is 10.0 Å². The summed E-state index contributed by atoms with van der Waals surface area (Å²) < 4.78 is 31.6. The molecule has 0 atom stereocenters. The van der Waals surface area contributed by atoms with E-state index in [4.69, 9.17) is 4.74 Å². The number of hydrogen-bond acceptors (Lipinski definition) is 4. The van der Waals surface area contributed by atoms with E-state index in [9.17, 15) is 8.42 Å². The van der Waals surface area contributed by atoms with Gasteiger partial charge in [-0.2, -0.15) is 18.4 Å². The summed E-state index contributed by atoms with van der Waals surface area (Å²) in [6.45, 7) is 6.87. The highest BCUT2D eigenvalue weighted by molar-refractivity contribution is 7.89. The van der Waals surface area contributed by atoms with Crippen molar-refractivity contribution in [2.24, 2.45) is 5.10 Å². The summed E-state index contributed by atoms with van der Waals surface area (Å²) in [4.78, 5) is 2.60. The molecule has 0 spiro atoms. The standard InChI is InChI=1S/C31H40N2O3S/c1-4-5-6-7-8-9-10-11-24-36-29-20-18-28(19-21-29)31(27-16-12-25(2)13-17-27)32-33-37(34,35)30-22-14-26(3)15-23-30/h12-23,33H,4-11,24H2,1-3H3/b32-31+. The van der Waals surface area contributed by atoms with Crippen molar-refractivity contribution in [3.8, 4) is 5.75 Å². The molecule has 0 saturated carbocycles. The van der Waals surface area contributed by atoms with Gasteiger partial charge >= 0.3 is 0 Å². The highest BCUT2D eigenvalue weighted by Gasteiger charge is 2.15. The van der Waals surface area contributed by atoms with Gasteiger partial charge in [0.2, 0.25) is 0 Å². The summed E-state index contributed by atoms with van der Waals surface area (Å²) >= 11 is 0. The second-order valence-corrected chi connectivity index (χ2v) is 11.2. The van der Waals surface area contributed by atoms with E-state index in [1.807, 2.05) is 62.4 Å². The van der Waals surface area contributed by atoms with Crippen LogP contribution < -0.4 is 9.57 Å². The average Bonchev–Trinajstić information content (AvgIpc) is 2.90. The molecule has 1 N–H and O–H groups in total. The second kappa shape index (κ2) is 14.6. The molecule has 6 heteroatoms. The number of nitrogens with one attached hydrogen (secondary N) is 1. The van der Waals surface area contributed by atoms with Crippen LogP contribution >= 0.6 is 0 Å². The first kappa shape index (κ1) is 28.5. The van der Waals surface area contributed by atoms with Gasteiger partial charge in [-0.3, -0.25) is 0 Å². The van der Waals surface area contributed by atoms with Gasteiger partial charge in [-0.25, -0.2) is 0 Å². The van der Waals surface area contributed by atoms with E-state index in [1.54, 1.807) is 24.3 Å². The lowest BCUT2D eigenvalue weighted by Crippen LogP contribution is -2.21. The van der Waals surface area contributed by atoms with Crippen LogP contribution in [-0.4, -0.2) is 20.7 Å². The zero-order chi connectivity index (χ0) is 26.5. The minimum absolute atomic E-state index is 0.176. The lowest BCUT2D eigenvalue weighted by Gasteiger charge is -2.11. The molecular weight excluding hydrogens is 480 g/mol. The number of ether oxygens (including phenoxy) is 1. The van der Waals surface area contributed by atoms with Crippen LogP contribution in [0.1, 0.15) is 80.5 Å². The number of benzene rings is 3. The van der Waals surface area contributed by atoms with Gasteiger partial charge in [0.15, 0.2) is 0 Å². The Labute approximate surface area is 223 Å². The third kappa shape index (κ3) is 9.36. The number of unbranched alkanes of at least 4 members (excludes halogenated alkanes) is 7. The van der Waals surface area contributed by atoms with Crippen LogP contribution in [0.4, 0.5) is 0 Å². The maximum absolute atomic E-state index is 12.8. The largest absolute Gasteiger partial charge is 0.494 e. The van der Waals surface area contributed by atoms with Crippen LogP contribution in [0.5, 0.6) is 5.75 Å². The summed E-state index contributed by atoms with van der Waals surface area (Å²) in [5.41, 5.74) is 4.28. The van der Waals surface area contributed by atoms with Crippen molar-refractivity contribution >= 4 is 15.7 Å². The van der Waals surface area contributed by atoms with E-state index in [0.29, 0.717) is 12.3 Å². The van der Waals surface area contributed by atoms with Crippen LogP contribution in [0.25, 0.3) is 0 Å². The molecule has 3 aromatic rings. The fourth-order valence-electron chi connectivity index (χ4n) is 4.02. The molecule has 3 rings (SSSR count). The van der Waals surface area contributed by atoms with Gasteiger partial charge in [0.05, 0.1) is 17.2 Å². The molecule has 37 heavy (non-hydrogen) atoms. The Bertz CT molecular complexity index is 1220. The predicted molar refractivity (Wildman–Crippen MR) is 153 cm³/mol. The zero-order valence-corrected chi connectivity index (χ0v) is 23.2. The maximum atomic E-state index is 12.8. The van der Waals surface area contributed by atoms with Crippen molar-refractivity contribution in [1.29, 1.82) is 0 Å². The smallest absolute Gasteiger partial charge is 0.276 e. The second-order valence-electron chi connectivity index (χ2n) is 9.58. The molecule has 0 saturated heterocycles. The first-order valence-corrected chi connectivity index (χ1v) is 14.8. The number of hydrazone groups is 1. The van der Waals surface area contributed by atoms with Crippen LogP contribution in [0.3, 0.4) is 0 Å². The van der Waals surface area contributed by atoms with Gasteiger partial charge in [0, 0.05) is 11.1 Å². The quantitative estimate of drug-likeness (QED) is 0.128. The molecule has 0 bridgehead atoms. The third-order valence-electron chi connectivity index (χ3n) is 6.33. The Morgan fingerprint density at radius 3 is 1.76 bits per heavy atom. The van der Waals surface area contributed by atoms with E-state index in [-0.39, 0.29) is 4.90 Å². The molecule has 198 valence electrons. The van der Waals surface area contributed by atoms with E-state index in [2.05, 4.69) is 16.9 Å². The van der Waals surface area contributed by atoms with E-state index < -0.39 is 10.0 Å². The van der Waals surface area contributed by atoms with Crippen molar-refractivity contribution in [2.75, 3.05) is 6.61 Å². The van der Waals surface area contributed by atoms with Gasteiger partial charge < -0.3 is 4.74 Å². The molecule has 0 unspecified atom stereocenters. The topological polar surface area (TPSA) is 67.8 Å². The SMILES string of the molecule is CCCCCCCCCCOc1ccc(/C(=N/NS(=O)(=O)c2ccc(C)cc2)c2ccc(C)cc2)cc1. The molecule has 0 aliphatic rings. The van der Waals surface area contributed by atoms with Crippen LogP contribution in [-0.2, 0) is 10.0 Å². The number of rotatable bonds is 15. The van der Waals surface area contributed by atoms with Gasteiger partial charge in [-0.15, -0.1) is 0 Å². The van der Waals surface area contributed by atoms with Gasteiger partial charge in [0.1, 0.15) is 5.75 Å². The van der Waals surface area contributed by atoms with Crippen molar-refractivity contribution in [2.45, 2.75) is 77.0 Å². The first-order chi connectivity index (χ1) is 17.9. The molecule has 0 fully saturated rings. The highest BCUT2D eigenvalue weighted by Crippen LogP contribution is 2.18. The molecule has 3 aromatic carbocycles. The lowest BCUT2D eigenvalue weighted by molar-refractivity contribution is 0.304. The summed E-state index contributed by atoms with van der Waals surface area (Å²) in [7, 11) is -3.79. The number of hydrogen-bond donors (Lipinski definition) is 1. The molecule has 5 nitrogen and oxygen atoms in total. The normalized spacial score (nSPS) is 11.9. The van der Waals surface area contributed by atoms with Crippen LogP contribution in [0.2, 0.25) is 0 Å². The Balaban J connectivity index is 1.65. The van der Waals surface area contributed by atoms with Crippen LogP contribution in [0.15, 0.2) is 82.8 Å². The zero-order valence-electron chi connectivity index (χ0n) is 22.4. The maximum Gasteiger partial charge on any atom is 0.276 e. The molecule has 0 amide bonds. The van der Waals surface area contributed by atoms with Crippen molar-refractivity contribution in [1.82, 2.24) is 4.83 Å². The van der Waals surface area contributed by atoms with Crippen molar-refractivity contribution < 1.29 is 13.2 Å². The summed E-state index contributed by atoms with van der Waals surface area (Å²) in [5.74, 6) is 0.801. The van der Waals surface area contributed by atoms with Gasteiger partial charge in [-0.1, -0.05) is 99.4 Å². The fourth-order valence-corrected chi connectivity index (χ4v) is 4.83. The third-order valence-corrected chi connectivity index (χ3v) is 7.55. The lowest BCUT2D eigenvalue weighted by atomic mass is 10.0. The minimum atomic E-state index is -3.79. The Morgan fingerprint density at radius 1 is 0.703 bits per heavy atom. The van der Waals surface area contributed by atoms with E-state index in [1.165, 1.54) is 44.9 Å². The number of nitrogens with zero attached hydrogens (tertiary/aromatic N) is 1. The molecule has 0 heterocycles. The van der Waals surface area contributed by atoms with Crippen LogP contribution in [0, 0.1) is 13.8 Å². The van der Waals surface area contributed by atoms with Crippen molar-refractivity contribution in [3.63, 3.8) is 0 Å². The Kier molecular flexibility index (Phi) is 11.2. The fraction of sp³-hybridized carbons (Fsp3) is 0.387. The summed E-state index contributed by atoms with van der Waals surface area (Å²) in [6.07, 6.45) is 10.1. The van der Waals surface area contributed by atoms with E-state index in [0.717, 1.165) is 34.4 Å². The molecule has 0 aliphatic heterocycles. The molecule has 0 aromatic heterocycles. The summed E-state index contributed by atoms with van der Waals surface area (Å²) in [5, 5.41) is 4.35. The molecule has 0 aliphatic carbocycles. The highest BCUT2D eigenvalue weighted by atomic mass is 32.2. The molecular formula is C31H40N2O3S. The Hall–Kier alpha value is -3.12. The summed E-state index contributed by atoms with van der Waals surface area (Å²) in [6, 6.07) is 22.2. The van der Waals surface area contributed by atoms with Crippen molar-refractivity contribution in [3.05, 3.63) is 95.1 Å². The van der Waals surface area contributed by atoms with E-state index >= 15 is 0 Å². The number of aryl methyl sites for hydroxylation is 2. The minimum Gasteiger partial charge on any atom is -0.494 e. The average molecular weight is 521 g/mol. The number of sulfonamides is 1. The monoisotopic (exact) mass is 520 g/mol. The first-order valence-electron chi connectivity index (χ1n) is 13.4. The molecule has 0 radical (unpaired) electrons. The Morgan fingerprint density at radius 2 is 1.19 bits per heavy atom.